The van der Waals surface area contributed by atoms with Gasteiger partial charge in [0, 0.05) is 44.7 Å². The van der Waals surface area contributed by atoms with Crippen molar-refractivity contribution in [2.24, 2.45) is 5.92 Å². The third-order valence-electron chi connectivity index (χ3n) is 5.17. The molecule has 0 atom stereocenters. The number of hydrogen-bond acceptors (Lipinski definition) is 4. The molecule has 1 amide bonds. The van der Waals surface area contributed by atoms with E-state index in [1.807, 2.05) is 6.07 Å². The van der Waals surface area contributed by atoms with Crippen molar-refractivity contribution in [1.82, 2.24) is 9.80 Å². The molecule has 0 aromatic heterocycles. The maximum Gasteiger partial charge on any atom is 0.225 e. The highest BCUT2D eigenvalue weighted by molar-refractivity contribution is 5.79. The van der Waals surface area contributed by atoms with Gasteiger partial charge in [0.05, 0.1) is 14.2 Å². The molecular weight excluding hydrogens is 304 g/mol. The number of benzene rings is 1. The van der Waals surface area contributed by atoms with Gasteiger partial charge in [-0.05, 0) is 37.0 Å². The molecule has 0 bridgehead atoms. The number of hydrogen-bond donors (Lipinski definition) is 0. The van der Waals surface area contributed by atoms with Crippen LogP contribution in [-0.4, -0.2) is 56.1 Å². The lowest BCUT2D eigenvalue weighted by Gasteiger charge is -2.31. The number of nitrogens with zero attached hydrogens (tertiary/aromatic N) is 2. The fourth-order valence-corrected chi connectivity index (χ4v) is 3.48. The summed E-state index contributed by atoms with van der Waals surface area (Å²) >= 11 is 0. The summed E-state index contributed by atoms with van der Waals surface area (Å²) < 4.78 is 10.7. The molecule has 5 heteroatoms. The Morgan fingerprint density at radius 2 is 1.71 bits per heavy atom. The number of ether oxygens (including phenoxy) is 2. The lowest BCUT2D eigenvalue weighted by Crippen LogP contribution is -2.41. The monoisotopic (exact) mass is 332 g/mol. The largest absolute Gasteiger partial charge is 0.497 e. The molecule has 0 radical (unpaired) electrons. The van der Waals surface area contributed by atoms with E-state index in [0.29, 0.717) is 11.8 Å². The van der Waals surface area contributed by atoms with Gasteiger partial charge >= 0.3 is 0 Å². The minimum absolute atomic E-state index is 0.305. The van der Waals surface area contributed by atoms with Gasteiger partial charge in [0.25, 0.3) is 0 Å². The average molecular weight is 332 g/mol. The van der Waals surface area contributed by atoms with Crippen LogP contribution in [0.5, 0.6) is 11.5 Å². The van der Waals surface area contributed by atoms with Gasteiger partial charge in [-0.15, -0.1) is 0 Å². The Kier molecular flexibility index (Phi) is 5.61. The third-order valence-corrected chi connectivity index (χ3v) is 5.17. The van der Waals surface area contributed by atoms with Crippen LogP contribution in [0.3, 0.4) is 0 Å². The van der Waals surface area contributed by atoms with Crippen LogP contribution >= 0.6 is 0 Å². The van der Waals surface area contributed by atoms with Gasteiger partial charge in [-0.3, -0.25) is 9.69 Å². The second-order valence-electron chi connectivity index (χ2n) is 6.80. The van der Waals surface area contributed by atoms with Gasteiger partial charge in [0.1, 0.15) is 11.5 Å². The fraction of sp³-hybridized carbons (Fsp3) is 0.632. The van der Waals surface area contributed by atoms with Crippen molar-refractivity contribution in [3.63, 3.8) is 0 Å². The average Bonchev–Trinajstić information content (AvgIpc) is 2.78. The van der Waals surface area contributed by atoms with Crippen molar-refractivity contribution in [3.05, 3.63) is 23.8 Å². The van der Waals surface area contributed by atoms with Gasteiger partial charge in [0.15, 0.2) is 0 Å². The fourth-order valence-electron chi connectivity index (χ4n) is 3.48. The molecule has 2 aliphatic rings. The van der Waals surface area contributed by atoms with Crippen LogP contribution in [-0.2, 0) is 11.3 Å². The van der Waals surface area contributed by atoms with Crippen molar-refractivity contribution in [1.29, 1.82) is 0 Å². The van der Waals surface area contributed by atoms with E-state index in [-0.39, 0.29) is 0 Å². The highest BCUT2D eigenvalue weighted by atomic mass is 16.5. The first-order valence-electron chi connectivity index (χ1n) is 8.92. The Labute approximate surface area is 144 Å². The number of rotatable bonds is 5. The molecule has 1 aromatic rings. The number of carbonyl (C=O) groups excluding carboxylic acids is 1. The van der Waals surface area contributed by atoms with Gasteiger partial charge < -0.3 is 14.4 Å². The summed E-state index contributed by atoms with van der Waals surface area (Å²) in [6.45, 7) is 4.55. The minimum Gasteiger partial charge on any atom is -0.497 e. The molecule has 1 aliphatic heterocycles. The van der Waals surface area contributed by atoms with E-state index >= 15 is 0 Å². The van der Waals surface area contributed by atoms with E-state index in [1.54, 1.807) is 14.2 Å². The zero-order chi connectivity index (χ0) is 16.9. The number of carbonyl (C=O) groups is 1. The number of methoxy groups -OCH3 is 2. The molecule has 1 saturated heterocycles. The SMILES string of the molecule is COc1cc(CN2CCCN(C(=O)C3CCC3)CC2)cc(OC)c1. The van der Waals surface area contributed by atoms with E-state index in [2.05, 4.69) is 21.9 Å². The maximum atomic E-state index is 12.4. The van der Waals surface area contributed by atoms with Gasteiger partial charge in [-0.2, -0.15) is 0 Å². The quantitative estimate of drug-likeness (QED) is 0.831. The molecule has 1 saturated carbocycles. The Morgan fingerprint density at radius 1 is 1.00 bits per heavy atom. The van der Waals surface area contributed by atoms with Crippen molar-refractivity contribution in [2.45, 2.75) is 32.2 Å². The van der Waals surface area contributed by atoms with Crippen LogP contribution < -0.4 is 9.47 Å². The van der Waals surface area contributed by atoms with Crippen LogP contribution in [0.15, 0.2) is 18.2 Å². The Hall–Kier alpha value is -1.75. The molecule has 5 nitrogen and oxygen atoms in total. The Bertz CT molecular complexity index is 549. The maximum absolute atomic E-state index is 12.4. The first kappa shape index (κ1) is 17.1. The van der Waals surface area contributed by atoms with Crippen molar-refractivity contribution in [2.75, 3.05) is 40.4 Å². The molecule has 0 spiro atoms. The molecule has 1 heterocycles. The van der Waals surface area contributed by atoms with Gasteiger partial charge in [-0.1, -0.05) is 6.42 Å². The zero-order valence-electron chi connectivity index (χ0n) is 14.8. The van der Waals surface area contributed by atoms with E-state index in [0.717, 1.165) is 63.5 Å². The highest BCUT2D eigenvalue weighted by Gasteiger charge is 2.30. The molecule has 132 valence electrons. The summed E-state index contributed by atoms with van der Waals surface area (Å²) in [6.07, 6.45) is 4.43. The third kappa shape index (κ3) is 4.01. The van der Waals surface area contributed by atoms with Crippen LogP contribution in [0.2, 0.25) is 0 Å². The summed E-state index contributed by atoms with van der Waals surface area (Å²) in [6, 6.07) is 6.01. The standard InChI is InChI=1S/C19H28N2O3/c1-23-17-11-15(12-18(13-17)24-2)14-20-7-4-8-21(10-9-20)19(22)16-5-3-6-16/h11-13,16H,3-10,14H2,1-2H3. The molecule has 24 heavy (non-hydrogen) atoms. The summed E-state index contributed by atoms with van der Waals surface area (Å²) in [5.74, 6) is 2.33. The van der Waals surface area contributed by atoms with Crippen molar-refractivity contribution < 1.29 is 14.3 Å². The van der Waals surface area contributed by atoms with Crippen LogP contribution in [0.1, 0.15) is 31.2 Å². The van der Waals surface area contributed by atoms with E-state index < -0.39 is 0 Å². The zero-order valence-corrected chi connectivity index (χ0v) is 14.8. The second kappa shape index (κ2) is 7.88. The van der Waals surface area contributed by atoms with Crippen LogP contribution in [0.25, 0.3) is 0 Å². The van der Waals surface area contributed by atoms with E-state index in [9.17, 15) is 4.79 Å². The Balaban J connectivity index is 1.59. The predicted octanol–water partition coefficient (Wildman–Crippen LogP) is 2.54. The summed E-state index contributed by atoms with van der Waals surface area (Å²) in [5.41, 5.74) is 1.19. The topological polar surface area (TPSA) is 42.0 Å². The summed E-state index contributed by atoms with van der Waals surface area (Å²) in [5, 5.41) is 0. The van der Waals surface area contributed by atoms with E-state index in [4.69, 9.17) is 9.47 Å². The molecule has 1 aromatic carbocycles. The Morgan fingerprint density at radius 3 is 2.29 bits per heavy atom. The molecule has 0 N–H and O–H groups in total. The molecule has 3 rings (SSSR count). The molecule has 2 fully saturated rings. The summed E-state index contributed by atoms with van der Waals surface area (Å²) in [4.78, 5) is 16.9. The first-order valence-corrected chi connectivity index (χ1v) is 8.92. The molecule has 0 unspecified atom stereocenters. The molecular formula is C19H28N2O3. The smallest absolute Gasteiger partial charge is 0.225 e. The van der Waals surface area contributed by atoms with Gasteiger partial charge in [-0.25, -0.2) is 0 Å². The molecule has 1 aliphatic carbocycles. The second-order valence-corrected chi connectivity index (χ2v) is 6.80. The van der Waals surface area contributed by atoms with Crippen molar-refractivity contribution >= 4 is 5.91 Å². The lowest BCUT2D eigenvalue weighted by atomic mass is 9.84. The summed E-state index contributed by atoms with van der Waals surface area (Å²) in [7, 11) is 3.35. The minimum atomic E-state index is 0.305. The first-order chi connectivity index (χ1) is 11.7. The number of amides is 1. The predicted molar refractivity (Wildman–Crippen MR) is 93.4 cm³/mol. The van der Waals surface area contributed by atoms with Crippen LogP contribution in [0.4, 0.5) is 0 Å². The van der Waals surface area contributed by atoms with Crippen molar-refractivity contribution in [3.8, 4) is 11.5 Å². The van der Waals surface area contributed by atoms with Crippen LogP contribution in [0, 0.1) is 5.92 Å². The van der Waals surface area contributed by atoms with Gasteiger partial charge in [0.2, 0.25) is 5.91 Å². The lowest BCUT2D eigenvalue weighted by molar-refractivity contribution is -0.138. The van der Waals surface area contributed by atoms with E-state index in [1.165, 1.54) is 12.0 Å². The highest BCUT2D eigenvalue weighted by Crippen LogP contribution is 2.29. The normalized spacial score (nSPS) is 19.5.